The van der Waals surface area contributed by atoms with Gasteiger partial charge in [0.25, 0.3) is 0 Å². The molecule has 1 amide bonds. The molecule has 2 N–H and O–H groups in total. The number of carboxylic acid groups (broad SMARTS) is 1. The molecule has 0 heterocycles. The van der Waals surface area contributed by atoms with Crippen LogP contribution in [0.5, 0.6) is 0 Å². The van der Waals surface area contributed by atoms with Crippen LogP contribution in [0, 0.1) is 0 Å². The van der Waals surface area contributed by atoms with Crippen molar-refractivity contribution in [3.63, 3.8) is 0 Å². The molecule has 1 aromatic rings. The van der Waals surface area contributed by atoms with E-state index in [-0.39, 0.29) is 17.0 Å². The number of hydrogen-bond acceptors (Lipinski definition) is 2. The molecule has 0 aliphatic rings. The Hall–Kier alpha value is -1.84. The van der Waals surface area contributed by atoms with Crippen molar-refractivity contribution in [2.75, 3.05) is 0 Å². The van der Waals surface area contributed by atoms with E-state index < -0.39 is 5.97 Å². The van der Waals surface area contributed by atoms with Crippen LogP contribution in [0.2, 0.25) is 0 Å². The number of hydrogen-bond donors (Lipinski definition) is 2. The molecule has 4 heteroatoms. The molecule has 0 saturated carbocycles. The second-order valence-corrected chi connectivity index (χ2v) is 5.30. The predicted octanol–water partition coefficient (Wildman–Crippen LogP) is 2.23. The summed E-state index contributed by atoms with van der Waals surface area (Å²) >= 11 is 0. The molecule has 4 nitrogen and oxygen atoms in total. The van der Waals surface area contributed by atoms with E-state index in [1.165, 1.54) is 0 Å². The van der Waals surface area contributed by atoms with Crippen LogP contribution in [-0.2, 0) is 11.2 Å². The summed E-state index contributed by atoms with van der Waals surface area (Å²) in [6.07, 6.45) is 1.02. The van der Waals surface area contributed by atoms with Gasteiger partial charge in [-0.15, -0.1) is 0 Å². The van der Waals surface area contributed by atoms with Gasteiger partial charge < -0.3 is 10.4 Å². The average molecular weight is 249 g/mol. The van der Waals surface area contributed by atoms with Gasteiger partial charge in [0.15, 0.2) is 0 Å². The van der Waals surface area contributed by atoms with Gasteiger partial charge in [-0.3, -0.25) is 4.79 Å². The highest BCUT2D eigenvalue weighted by atomic mass is 16.4. The van der Waals surface area contributed by atoms with Gasteiger partial charge >= 0.3 is 5.97 Å². The third-order valence-corrected chi connectivity index (χ3v) is 2.36. The first-order valence-corrected chi connectivity index (χ1v) is 5.91. The highest BCUT2D eigenvalue weighted by Crippen LogP contribution is 2.08. The average Bonchev–Trinajstić information content (AvgIpc) is 2.24. The topological polar surface area (TPSA) is 66.4 Å². The van der Waals surface area contributed by atoms with Crippen LogP contribution in [0.4, 0.5) is 0 Å². The van der Waals surface area contributed by atoms with Crippen LogP contribution in [0.3, 0.4) is 0 Å². The lowest BCUT2D eigenvalue weighted by Gasteiger charge is -2.20. The zero-order valence-electron chi connectivity index (χ0n) is 11.0. The highest BCUT2D eigenvalue weighted by molar-refractivity contribution is 5.87. The lowest BCUT2D eigenvalue weighted by atomic mass is 10.1. The zero-order chi connectivity index (χ0) is 13.8. The second kappa shape index (κ2) is 5.67. The standard InChI is InChI=1S/C14H19NO3/c1-14(2,3)15-12(16)9-6-10-4-7-11(8-5-10)13(17)18/h4-5,7-8H,6,9H2,1-3H3,(H,15,16)(H,17,18). The normalized spacial score (nSPS) is 11.1. The maximum atomic E-state index is 11.6. The molecule has 0 aromatic heterocycles. The molecule has 0 fully saturated rings. The summed E-state index contributed by atoms with van der Waals surface area (Å²) in [6, 6.07) is 6.60. The molecular weight excluding hydrogens is 230 g/mol. The van der Waals surface area contributed by atoms with E-state index in [9.17, 15) is 9.59 Å². The number of carbonyl (C=O) groups is 2. The van der Waals surface area contributed by atoms with Gasteiger partial charge in [0.1, 0.15) is 0 Å². The third kappa shape index (κ3) is 4.99. The zero-order valence-corrected chi connectivity index (χ0v) is 11.0. The molecule has 0 aliphatic heterocycles. The van der Waals surface area contributed by atoms with Gasteiger partial charge in [-0.05, 0) is 44.9 Å². The Morgan fingerprint density at radius 2 is 1.72 bits per heavy atom. The van der Waals surface area contributed by atoms with Crippen molar-refractivity contribution in [1.29, 1.82) is 0 Å². The SMILES string of the molecule is CC(C)(C)NC(=O)CCc1ccc(C(=O)O)cc1. The summed E-state index contributed by atoms with van der Waals surface area (Å²) in [5.74, 6) is -0.933. The fraction of sp³-hybridized carbons (Fsp3) is 0.429. The molecule has 0 aliphatic carbocycles. The lowest BCUT2D eigenvalue weighted by Crippen LogP contribution is -2.40. The minimum atomic E-state index is -0.938. The number of carbonyl (C=O) groups excluding carboxylic acids is 1. The van der Waals surface area contributed by atoms with Gasteiger partial charge in [-0.1, -0.05) is 12.1 Å². The number of aromatic carboxylic acids is 1. The summed E-state index contributed by atoms with van der Waals surface area (Å²) in [4.78, 5) is 22.3. The Bertz CT molecular complexity index is 429. The van der Waals surface area contributed by atoms with Crippen molar-refractivity contribution in [1.82, 2.24) is 5.32 Å². The van der Waals surface area contributed by atoms with E-state index in [4.69, 9.17) is 5.11 Å². The van der Waals surface area contributed by atoms with Crippen molar-refractivity contribution in [3.05, 3.63) is 35.4 Å². The predicted molar refractivity (Wildman–Crippen MR) is 69.6 cm³/mol. The number of rotatable bonds is 4. The smallest absolute Gasteiger partial charge is 0.335 e. The van der Waals surface area contributed by atoms with Crippen molar-refractivity contribution in [2.45, 2.75) is 39.2 Å². The van der Waals surface area contributed by atoms with Gasteiger partial charge in [-0.25, -0.2) is 4.79 Å². The van der Waals surface area contributed by atoms with E-state index in [1.807, 2.05) is 20.8 Å². The molecule has 0 radical (unpaired) electrons. The first-order valence-electron chi connectivity index (χ1n) is 5.91. The molecular formula is C14H19NO3. The molecule has 0 atom stereocenters. The maximum Gasteiger partial charge on any atom is 0.335 e. The minimum Gasteiger partial charge on any atom is -0.478 e. The van der Waals surface area contributed by atoms with Gasteiger partial charge in [0, 0.05) is 12.0 Å². The Morgan fingerprint density at radius 1 is 1.17 bits per heavy atom. The number of benzene rings is 1. The van der Waals surface area contributed by atoms with Gasteiger partial charge in [0.05, 0.1) is 5.56 Å². The first-order chi connectivity index (χ1) is 8.28. The Morgan fingerprint density at radius 3 is 2.17 bits per heavy atom. The van der Waals surface area contributed by atoms with Crippen molar-refractivity contribution in [3.8, 4) is 0 Å². The molecule has 0 spiro atoms. The summed E-state index contributed by atoms with van der Waals surface area (Å²) in [5, 5.41) is 11.6. The minimum absolute atomic E-state index is 0.00445. The van der Waals surface area contributed by atoms with Crippen molar-refractivity contribution < 1.29 is 14.7 Å². The quantitative estimate of drug-likeness (QED) is 0.860. The Kier molecular flexibility index (Phi) is 4.48. The number of carboxylic acids is 1. The fourth-order valence-corrected chi connectivity index (χ4v) is 1.55. The van der Waals surface area contributed by atoms with E-state index in [0.717, 1.165) is 5.56 Å². The molecule has 1 rings (SSSR count). The van der Waals surface area contributed by atoms with E-state index in [0.29, 0.717) is 12.8 Å². The Labute approximate surface area is 107 Å². The number of nitrogens with one attached hydrogen (secondary N) is 1. The molecule has 1 aromatic carbocycles. The van der Waals surface area contributed by atoms with Crippen LogP contribution < -0.4 is 5.32 Å². The maximum absolute atomic E-state index is 11.6. The highest BCUT2D eigenvalue weighted by Gasteiger charge is 2.13. The van der Waals surface area contributed by atoms with E-state index in [1.54, 1.807) is 24.3 Å². The lowest BCUT2D eigenvalue weighted by molar-refractivity contribution is -0.122. The van der Waals surface area contributed by atoms with Gasteiger partial charge in [-0.2, -0.15) is 0 Å². The van der Waals surface area contributed by atoms with E-state index >= 15 is 0 Å². The van der Waals surface area contributed by atoms with Crippen LogP contribution >= 0.6 is 0 Å². The molecule has 98 valence electrons. The second-order valence-electron chi connectivity index (χ2n) is 5.30. The largest absolute Gasteiger partial charge is 0.478 e. The van der Waals surface area contributed by atoms with Crippen LogP contribution in [-0.4, -0.2) is 22.5 Å². The number of amides is 1. The van der Waals surface area contributed by atoms with Crippen LogP contribution in [0.1, 0.15) is 43.1 Å². The molecule has 0 saturated heterocycles. The monoisotopic (exact) mass is 249 g/mol. The summed E-state index contributed by atoms with van der Waals surface area (Å²) in [7, 11) is 0. The summed E-state index contributed by atoms with van der Waals surface area (Å²) in [6.45, 7) is 5.81. The van der Waals surface area contributed by atoms with Crippen molar-refractivity contribution >= 4 is 11.9 Å². The first kappa shape index (κ1) is 14.2. The van der Waals surface area contributed by atoms with E-state index in [2.05, 4.69) is 5.32 Å². The third-order valence-electron chi connectivity index (χ3n) is 2.36. The summed E-state index contributed by atoms with van der Waals surface area (Å²) < 4.78 is 0. The summed E-state index contributed by atoms with van der Waals surface area (Å²) in [5.41, 5.74) is 1.01. The fourth-order valence-electron chi connectivity index (χ4n) is 1.55. The Balaban J connectivity index is 2.49. The van der Waals surface area contributed by atoms with Crippen molar-refractivity contribution in [2.24, 2.45) is 0 Å². The van der Waals surface area contributed by atoms with Crippen LogP contribution in [0.15, 0.2) is 24.3 Å². The van der Waals surface area contributed by atoms with Gasteiger partial charge in [0.2, 0.25) is 5.91 Å². The molecule has 0 bridgehead atoms. The molecule has 18 heavy (non-hydrogen) atoms. The number of aryl methyl sites for hydroxylation is 1. The molecule has 0 unspecified atom stereocenters. The van der Waals surface area contributed by atoms with Crippen LogP contribution in [0.25, 0.3) is 0 Å².